The van der Waals surface area contributed by atoms with E-state index >= 15 is 0 Å². The van der Waals surface area contributed by atoms with E-state index < -0.39 is 0 Å². The van der Waals surface area contributed by atoms with Crippen molar-refractivity contribution in [1.82, 2.24) is 9.80 Å². The molecule has 1 aliphatic rings. The molecule has 0 radical (unpaired) electrons. The van der Waals surface area contributed by atoms with Gasteiger partial charge >= 0.3 is 0 Å². The molecule has 1 saturated heterocycles. The minimum Gasteiger partial charge on any atom is -0.493 e. The molecule has 2 amide bonds. The SMILES string of the molecule is COc1cc(C#N)ccc1OCCCC(=O)N1CCN(C(=O)c2cc3ccccc3o2)CC1. The van der Waals surface area contributed by atoms with Crippen LogP contribution in [0.25, 0.3) is 11.0 Å². The van der Waals surface area contributed by atoms with E-state index in [-0.39, 0.29) is 11.8 Å². The number of hydrogen-bond donors (Lipinski definition) is 0. The van der Waals surface area contributed by atoms with Crippen molar-refractivity contribution in [3.05, 3.63) is 59.9 Å². The number of para-hydroxylation sites is 1. The van der Waals surface area contributed by atoms with E-state index in [0.29, 0.717) is 74.0 Å². The van der Waals surface area contributed by atoms with Crippen molar-refractivity contribution in [2.24, 2.45) is 0 Å². The van der Waals surface area contributed by atoms with Gasteiger partial charge in [0.25, 0.3) is 5.91 Å². The van der Waals surface area contributed by atoms with Crippen LogP contribution < -0.4 is 9.47 Å². The highest BCUT2D eigenvalue weighted by Crippen LogP contribution is 2.28. The predicted molar refractivity (Wildman–Crippen MR) is 121 cm³/mol. The van der Waals surface area contributed by atoms with E-state index in [1.54, 1.807) is 34.1 Å². The highest BCUT2D eigenvalue weighted by Gasteiger charge is 2.26. The number of ether oxygens (including phenoxy) is 2. The minimum atomic E-state index is -0.150. The standard InChI is InChI=1S/C25H25N3O5/c1-31-22-15-18(17-26)8-9-21(22)32-14-4-7-24(29)27-10-12-28(13-11-27)25(30)23-16-19-5-2-3-6-20(19)33-23/h2-3,5-6,8-9,15-16H,4,7,10-14H2,1H3. The number of carbonyl (C=O) groups is 2. The molecule has 2 heterocycles. The molecule has 0 saturated carbocycles. The van der Waals surface area contributed by atoms with Crippen LogP contribution in [0.2, 0.25) is 0 Å². The maximum Gasteiger partial charge on any atom is 0.289 e. The molecule has 3 aromatic rings. The van der Waals surface area contributed by atoms with Crippen LogP contribution in [0, 0.1) is 11.3 Å². The fourth-order valence-electron chi connectivity index (χ4n) is 3.82. The Hall–Kier alpha value is -3.99. The van der Waals surface area contributed by atoms with E-state index in [2.05, 4.69) is 6.07 Å². The molecule has 0 spiro atoms. The third kappa shape index (κ3) is 5.09. The van der Waals surface area contributed by atoms with Crippen LogP contribution in [-0.2, 0) is 4.79 Å². The summed E-state index contributed by atoms with van der Waals surface area (Å²) in [6.07, 6.45) is 0.913. The van der Waals surface area contributed by atoms with Crippen LogP contribution in [0.3, 0.4) is 0 Å². The molecular formula is C25H25N3O5. The van der Waals surface area contributed by atoms with Gasteiger partial charge in [0.15, 0.2) is 17.3 Å². The lowest BCUT2D eigenvalue weighted by atomic mass is 10.2. The fraction of sp³-hybridized carbons (Fsp3) is 0.320. The van der Waals surface area contributed by atoms with Gasteiger partial charge < -0.3 is 23.7 Å². The average molecular weight is 447 g/mol. The van der Waals surface area contributed by atoms with Gasteiger partial charge in [-0.2, -0.15) is 5.26 Å². The van der Waals surface area contributed by atoms with E-state index in [4.69, 9.17) is 19.2 Å². The van der Waals surface area contributed by atoms with Crippen molar-refractivity contribution in [2.75, 3.05) is 39.9 Å². The van der Waals surface area contributed by atoms with Gasteiger partial charge in [-0.3, -0.25) is 9.59 Å². The molecule has 1 aromatic heterocycles. The molecule has 8 nitrogen and oxygen atoms in total. The Labute approximate surface area is 191 Å². The monoisotopic (exact) mass is 447 g/mol. The molecule has 0 bridgehead atoms. The maximum absolute atomic E-state index is 12.8. The van der Waals surface area contributed by atoms with Gasteiger partial charge in [-0.05, 0) is 30.7 Å². The molecule has 2 aromatic carbocycles. The Balaban J connectivity index is 1.22. The topological polar surface area (TPSA) is 96.0 Å². The molecule has 0 N–H and O–H groups in total. The van der Waals surface area contributed by atoms with Gasteiger partial charge in [0.1, 0.15) is 5.58 Å². The summed E-state index contributed by atoms with van der Waals surface area (Å²) in [6.45, 7) is 2.30. The first kappa shape index (κ1) is 22.2. The largest absolute Gasteiger partial charge is 0.493 e. The van der Waals surface area contributed by atoms with Crippen molar-refractivity contribution in [2.45, 2.75) is 12.8 Å². The molecule has 170 valence electrons. The summed E-state index contributed by atoms with van der Waals surface area (Å²) in [5.74, 6) is 1.25. The molecule has 33 heavy (non-hydrogen) atoms. The summed E-state index contributed by atoms with van der Waals surface area (Å²) in [6, 6.07) is 16.3. The molecular weight excluding hydrogens is 422 g/mol. The molecule has 0 unspecified atom stereocenters. The molecule has 8 heteroatoms. The summed E-state index contributed by atoms with van der Waals surface area (Å²) in [4.78, 5) is 28.8. The summed E-state index contributed by atoms with van der Waals surface area (Å²) in [5, 5.41) is 9.87. The normalized spacial score (nSPS) is 13.6. The lowest BCUT2D eigenvalue weighted by Crippen LogP contribution is -2.50. The number of fused-ring (bicyclic) bond motifs is 1. The zero-order chi connectivity index (χ0) is 23.2. The number of methoxy groups -OCH3 is 1. The van der Waals surface area contributed by atoms with Gasteiger partial charge in [-0.25, -0.2) is 0 Å². The summed E-state index contributed by atoms with van der Waals surface area (Å²) >= 11 is 0. The Bertz CT molecular complexity index is 1160. The lowest BCUT2D eigenvalue weighted by Gasteiger charge is -2.34. The Kier molecular flexibility index (Phi) is 6.79. The Morgan fingerprint density at radius 3 is 2.52 bits per heavy atom. The molecule has 4 rings (SSSR count). The first-order valence-electron chi connectivity index (χ1n) is 10.9. The second kappa shape index (κ2) is 10.1. The summed E-state index contributed by atoms with van der Waals surface area (Å²) < 4.78 is 16.6. The van der Waals surface area contributed by atoms with E-state index in [1.165, 1.54) is 7.11 Å². The second-order valence-corrected chi connectivity index (χ2v) is 7.75. The van der Waals surface area contributed by atoms with Crippen molar-refractivity contribution >= 4 is 22.8 Å². The number of furan rings is 1. The predicted octanol–water partition coefficient (Wildman–Crippen LogP) is 3.46. The lowest BCUT2D eigenvalue weighted by molar-refractivity contribution is -0.132. The number of piperazine rings is 1. The van der Waals surface area contributed by atoms with Gasteiger partial charge in [0.2, 0.25) is 5.91 Å². The highest BCUT2D eigenvalue weighted by molar-refractivity contribution is 5.96. The number of rotatable bonds is 7. The Morgan fingerprint density at radius 1 is 1.03 bits per heavy atom. The smallest absolute Gasteiger partial charge is 0.289 e. The quantitative estimate of drug-likeness (QED) is 0.515. The van der Waals surface area contributed by atoms with Crippen molar-refractivity contribution in [3.8, 4) is 17.6 Å². The van der Waals surface area contributed by atoms with Gasteiger partial charge in [0, 0.05) is 44.1 Å². The number of nitriles is 1. The second-order valence-electron chi connectivity index (χ2n) is 7.75. The van der Waals surface area contributed by atoms with E-state index in [0.717, 1.165) is 5.39 Å². The van der Waals surface area contributed by atoms with Crippen LogP contribution >= 0.6 is 0 Å². The van der Waals surface area contributed by atoms with Crippen LogP contribution in [0.4, 0.5) is 0 Å². The number of amides is 2. The highest BCUT2D eigenvalue weighted by atomic mass is 16.5. The van der Waals surface area contributed by atoms with Gasteiger partial charge in [-0.1, -0.05) is 18.2 Å². The van der Waals surface area contributed by atoms with E-state index in [9.17, 15) is 9.59 Å². The third-order valence-electron chi connectivity index (χ3n) is 5.64. The van der Waals surface area contributed by atoms with E-state index in [1.807, 2.05) is 24.3 Å². The number of hydrogen-bond acceptors (Lipinski definition) is 6. The first-order chi connectivity index (χ1) is 16.1. The molecule has 1 fully saturated rings. The van der Waals surface area contributed by atoms with Gasteiger partial charge in [-0.15, -0.1) is 0 Å². The molecule has 0 aliphatic carbocycles. The van der Waals surface area contributed by atoms with Crippen LogP contribution in [0.5, 0.6) is 11.5 Å². The van der Waals surface area contributed by atoms with Crippen LogP contribution in [0.1, 0.15) is 29.0 Å². The molecule has 0 atom stereocenters. The van der Waals surface area contributed by atoms with Crippen LogP contribution in [-0.4, -0.2) is 61.5 Å². The zero-order valence-corrected chi connectivity index (χ0v) is 18.5. The van der Waals surface area contributed by atoms with Crippen molar-refractivity contribution in [3.63, 3.8) is 0 Å². The summed E-state index contributed by atoms with van der Waals surface area (Å²) in [7, 11) is 1.52. The number of nitrogens with zero attached hydrogens (tertiary/aromatic N) is 3. The molecule has 1 aliphatic heterocycles. The average Bonchev–Trinajstić information content (AvgIpc) is 3.30. The van der Waals surface area contributed by atoms with Crippen molar-refractivity contribution in [1.29, 1.82) is 5.26 Å². The van der Waals surface area contributed by atoms with Crippen molar-refractivity contribution < 1.29 is 23.5 Å². The maximum atomic E-state index is 12.8. The fourth-order valence-corrected chi connectivity index (χ4v) is 3.82. The first-order valence-corrected chi connectivity index (χ1v) is 10.9. The summed E-state index contributed by atoms with van der Waals surface area (Å²) in [5.41, 5.74) is 1.18. The Morgan fingerprint density at radius 2 is 1.79 bits per heavy atom. The third-order valence-corrected chi connectivity index (χ3v) is 5.64. The number of benzene rings is 2. The zero-order valence-electron chi connectivity index (χ0n) is 18.5. The van der Waals surface area contributed by atoms with Gasteiger partial charge in [0.05, 0.1) is 25.3 Å². The minimum absolute atomic E-state index is 0.0428. The van der Waals surface area contributed by atoms with Crippen LogP contribution in [0.15, 0.2) is 52.9 Å². The number of carbonyl (C=O) groups excluding carboxylic acids is 2.